The lowest BCUT2D eigenvalue weighted by atomic mass is 10.0. The van der Waals surface area contributed by atoms with Crippen LogP contribution < -0.4 is 0 Å². The van der Waals surface area contributed by atoms with Gasteiger partial charge in [-0.15, -0.1) is 0 Å². The van der Waals surface area contributed by atoms with E-state index in [0.717, 1.165) is 47.9 Å². The predicted molar refractivity (Wildman–Crippen MR) is 110 cm³/mol. The zero-order chi connectivity index (χ0) is 20.2. The van der Waals surface area contributed by atoms with E-state index >= 15 is 0 Å². The van der Waals surface area contributed by atoms with E-state index in [4.69, 9.17) is 14.8 Å². The molecule has 0 radical (unpaired) electrons. The molecule has 8 heteroatoms. The Labute approximate surface area is 172 Å². The van der Waals surface area contributed by atoms with Crippen molar-refractivity contribution in [3.05, 3.63) is 48.3 Å². The Balaban J connectivity index is 1.55. The summed E-state index contributed by atoms with van der Waals surface area (Å²) in [5, 5.41) is 5.48. The molecule has 3 aromatic heterocycles. The van der Waals surface area contributed by atoms with E-state index in [1.165, 1.54) is 26.3 Å². The molecule has 0 N–H and O–H groups in total. The van der Waals surface area contributed by atoms with Gasteiger partial charge in [0.15, 0.2) is 5.69 Å². The number of fused-ring (bicyclic) bond motifs is 2. The summed E-state index contributed by atoms with van der Waals surface area (Å²) in [5.41, 5.74) is 4.75. The Morgan fingerprint density at radius 3 is 2.93 bits per heavy atom. The van der Waals surface area contributed by atoms with Crippen molar-refractivity contribution in [2.45, 2.75) is 38.3 Å². The van der Waals surface area contributed by atoms with Gasteiger partial charge in [0, 0.05) is 30.1 Å². The van der Waals surface area contributed by atoms with Gasteiger partial charge in [-0.05, 0) is 37.5 Å². The van der Waals surface area contributed by atoms with E-state index in [9.17, 15) is 4.79 Å². The SMILES string of the molecule is COC(=O)c1ncnc2ccc(-c3c(-c4ccn(C5CC5)n4)nc4n3CCC4)cc12. The Bertz CT molecular complexity index is 1300. The Morgan fingerprint density at radius 1 is 1.20 bits per heavy atom. The summed E-state index contributed by atoms with van der Waals surface area (Å²) in [6, 6.07) is 8.48. The Kier molecular flexibility index (Phi) is 3.74. The van der Waals surface area contributed by atoms with Crippen molar-refractivity contribution < 1.29 is 9.53 Å². The van der Waals surface area contributed by atoms with Crippen LogP contribution in [0.2, 0.25) is 0 Å². The molecule has 30 heavy (non-hydrogen) atoms. The number of esters is 1. The van der Waals surface area contributed by atoms with Crippen LogP contribution in [0, 0.1) is 0 Å². The number of ether oxygens (including phenoxy) is 1. The first-order valence-electron chi connectivity index (χ1n) is 10.2. The van der Waals surface area contributed by atoms with Crippen LogP contribution in [0.1, 0.15) is 41.6 Å². The molecule has 1 aliphatic carbocycles. The average molecular weight is 400 g/mol. The maximum Gasteiger partial charge on any atom is 0.357 e. The van der Waals surface area contributed by atoms with E-state index in [1.807, 2.05) is 35.1 Å². The number of nitrogens with zero attached hydrogens (tertiary/aromatic N) is 6. The van der Waals surface area contributed by atoms with Crippen molar-refractivity contribution in [1.82, 2.24) is 29.3 Å². The Hall–Kier alpha value is -3.55. The van der Waals surface area contributed by atoms with E-state index in [0.29, 0.717) is 16.9 Å². The third kappa shape index (κ3) is 2.63. The molecule has 0 atom stereocenters. The highest BCUT2D eigenvalue weighted by Gasteiger charge is 2.28. The number of hydrogen-bond acceptors (Lipinski definition) is 6. The van der Waals surface area contributed by atoms with Crippen molar-refractivity contribution in [2.75, 3.05) is 7.11 Å². The fourth-order valence-corrected chi connectivity index (χ4v) is 4.27. The molecule has 0 saturated heterocycles. The van der Waals surface area contributed by atoms with Crippen molar-refractivity contribution in [3.63, 3.8) is 0 Å². The minimum atomic E-state index is -0.471. The minimum Gasteiger partial charge on any atom is -0.464 e. The van der Waals surface area contributed by atoms with Gasteiger partial charge in [0.05, 0.1) is 24.4 Å². The third-order valence-corrected chi connectivity index (χ3v) is 5.89. The molecule has 4 heterocycles. The fourth-order valence-electron chi connectivity index (χ4n) is 4.27. The molecule has 1 fully saturated rings. The normalized spacial score (nSPS) is 15.5. The first-order valence-corrected chi connectivity index (χ1v) is 10.2. The number of hydrogen-bond donors (Lipinski definition) is 0. The molecule has 1 saturated carbocycles. The molecule has 0 unspecified atom stereocenters. The van der Waals surface area contributed by atoms with Gasteiger partial charge in [-0.2, -0.15) is 5.10 Å². The summed E-state index contributed by atoms with van der Waals surface area (Å²) in [4.78, 5) is 25.6. The number of imidazole rings is 1. The molecule has 0 amide bonds. The lowest BCUT2D eigenvalue weighted by Gasteiger charge is -2.10. The Morgan fingerprint density at radius 2 is 2.10 bits per heavy atom. The van der Waals surface area contributed by atoms with Crippen LogP contribution in [0.15, 0.2) is 36.8 Å². The second-order valence-corrected chi connectivity index (χ2v) is 7.84. The van der Waals surface area contributed by atoms with Crippen LogP contribution in [0.25, 0.3) is 33.5 Å². The lowest BCUT2D eigenvalue weighted by Crippen LogP contribution is -2.06. The first kappa shape index (κ1) is 17.3. The smallest absolute Gasteiger partial charge is 0.357 e. The molecule has 1 aromatic carbocycles. The molecular formula is C22H20N6O2. The molecule has 1 aliphatic heterocycles. The zero-order valence-electron chi connectivity index (χ0n) is 16.6. The van der Waals surface area contributed by atoms with E-state index < -0.39 is 5.97 Å². The quantitative estimate of drug-likeness (QED) is 0.488. The van der Waals surface area contributed by atoms with Crippen molar-refractivity contribution in [2.24, 2.45) is 0 Å². The maximum absolute atomic E-state index is 12.2. The summed E-state index contributed by atoms with van der Waals surface area (Å²) < 4.78 is 9.23. The van der Waals surface area contributed by atoms with Crippen LogP contribution in [0.3, 0.4) is 0 Å². The fraction of sp³-hybridized carbons (Fsp3) is 0.318. The monoisotopic (exact) mass is 400 g/mol. The van der Waals surface area contributed by atoms with Crippen molar-refractivity contribution in [3.8, 4) is 22.6 Å². The number of aromatic nitrogens is 6. The third-order valence-electron chi connectivity index (χ3n) is 5.89. The molecule has 0 bridgehead atoms. The standard InChI is InChI=1S/C22H20N6O2/c1-30-22(29)19-15-11-13(4-7-16(15)23-12-24-19)21-20(25-18-3-2-9-27(18)21)17-8-10-28(26-17)14-5-6-14/h4,7-8,10-12,14H,2-3,5-6,9H2,1H3. The second-order valence-electron chi connectivity index (χ2n) is 7.84. The molecule has 6 rings (SSSR count). The maximum atomic E-state index is 12.2. The largest absolute Gasteiger partial charge is 0.464 e. The number of benzene rings is 1. The van der Waals surface area contributed by atoms with Crippen LogP contribution in [-0.4, -0.2) is 42.4 Å². The summed E-state index contributed by atoms with van der Waals surface area (Å²) >= 11 is 0. The highest BCUT2D eigenvalue weighted by Crippen LogP contribution is 2.38. The molecule has 150 valence electrons. The minimum absolute atomic E-state index is 0.269. The topological polar surface area (TPSA) is 87.7 Å². The number of carbonyl (C=O) groups excluding carboxylic acids is 1. The van der Waals surface area contributed by atoms with Crippen molar-refractivity contribution >= 4 is 16.9 Å². The highest BCUT2D eigenvalue weighted by atomic mass is 16.5. The van der Waals surface area contributed by atoms with Crippen LogP contribution >= 0.6 is 0 Å². The second kappa shape index (κ2) is 6.48. The van der Waals surface area contributed by atoms with Gasteiger partial charge < -0.3 is 9.30 Å². The van der Waals surface area contributed by atoms with Gasteiger partial charge >= 0.3 is 5.97 Å². The molecular weight excluding hydrogens is 380 g/mol. The van der Waals surface area contributed by atoms with E-state index in [2.05, 4.69) is 14.5 Å². The van der Waals surface area contributed by atoms with Crippen LogP contribution in [0.4, 0.5) is 0 Å². The lowest BCUT2D eigenvalue weighted by molar-refractivity contribution is 0.0596. The van der Waals surface area contributed by atoms with Gasteiger partial charge in [0.2, 0.25) is 0 Å². The number of carbonyl (C=O) groups is 1. The first-order chi connectivity index (χ1) is 14.7. The van der Waals surface area contributed by atoms with E-state index in [1.54, 1.807) is 0 Å². The van der Waals surface area contributed by atoms with Gasteiger partial charge in [-0.3, -0.25) is 4.68 Å². The molecule has 4 aromatic rings. The molecule has 0 spiro atoms. The number of aryl methyl sites for hydroxylation is 1. The average Bonchev–Trinajstić information content (AvgIpc) is 3.18. The summed E-state index contributed by atoms with van der Waals surface area (Å²) in [6.07, 6.45) is 7.85. The number of rotatable bonds is 4. The van der Waals surface area contributed by atoms with Gasteiger partial charge in [-0.25, -0.2) is 19.7 Å². The summed E-state index contributed by atoms with van der Waals surface area (Å²) in [7, 11) is 1.36. The molecule has 8 nitrogen and oxygen atoms in total. The van der Waals surface area contributed by atoms with Crippen molar-refractivity contribution in [1.29, 1.82) is 0 Å². The van der Waals surface area contributed by atoms with Gasteiger partial charge in [0.25, 0.3) is 0 Å². The van der Waals surface area contributed by atoms with Gasteiger partial charge in [0.1, 0.15) is 23.5 Å². The van der Waals surface area contributed by atoms with Crippen LogP contribution in [-0.2, 0) is 17.7 Å². The molecule has 2 aliphatic rings. The van der Waals surface area contributed by atoms with E-state index in [-0.39, 0.29) is 5.69 Å². The van der Waals surface area contributed by atoms with Crippen LogP contribution in [0.5, 0.6) is 0 Å². The zero-order valence-corrected chi connectivity index (χ0v) is 16.6. The van der Waals surface area contributed by atoms with Gasteiger partial charge in [-0.1, -0.05) is 6.07 Å². The highest BCUT2D eigenvalue weighted by molar-refractivity contribution is 6.02. The summed E-state index contributed by atoms with van der Waals surface area (Å²) in [6.45, 7) is 0.925. The number of methoxy groups -OCH3 is 1. The summed E-state index contributed by atoms with van der Waals surface area (Å²) in [5.74, 6) is 0.611. The predicted octanol–water partition coefficient (Wildman–Crippen LogP) is 3.42.